The molecular weight excluding hydrogens is 326 g/mol. The van der Waals surface area contributed by atoms with E-state index in [1.54, 1.807) is 4.90 Å². The first-order valence-corrected chi connectivity index (χ1v) is 8.98. The minimum absolute atomic E-state index is 0.0597. The molecule has 1 aromatic carbocycles. The number of aromatic nitrogens is 1. The Labute approximate surface area is 156 Å². The van der Waals surface area contributed by atoms with Crippen molar-refractivity contribution in [1.82, 2.24) is 14.8 Å². The second-order valence-corrected chi connectivity index (χ2v) is 7.62. The Morgan fingerprint density at radius 3 is 2.00 bits per heavy atom. The van der Waals surface area contributed by atoms with Gasteiger partial charge in [0.05, 0.1) is 6.54 Å². The number of carbonyl (C=O) groups is 2. The first-order chi connectivity index (χ1) is 12.1. The van der Waals surface area contributed by atoms with Crippen LogP contribution in [0, 0.1) is 13.8 Å². The molecule has 2 rings (SSSR count). The van der Waals surface area contributed by atoms with E-state index >= 15 is 0 Å². The number of hydrogen-bond acceptors (Lipinski definition) is 2. The summed E-state index contributed by atoms with van der Waals surface area (Å²) in [5, 5.41) is 2.89. The zero-order chi connectivity index (χ0) is 19.5. The van der Waals surface area contributed by atoms with E-state index < -0.39 is 0 Å². The van der Waals surface area contributed by atoms with E-state index in [1.165, 1.54) is 0 Å². The number of likely N-dealkylation sites (N-methyl/N-ethyl adjacent to an activating group) is 1. The van der Waals surface area contributed by atoms with Gasteiger partial charge in [-0.25, -0.2) is 0 Å². The van der Waals surface area contributed by atoms with Crippen molar-refractivity contribution in [2.45, 2.75) is 47.1 Å². The quantitative estimate of drug-likeness (QED) is 0.893. The first kappa shape index (κ1) is 19.8. The zero-order valence-corrected chi connectivity index (χ0v) is 16.6. The highest BCUT2D eigenvalue weighted by atomic mass is 16.2. The van der Waals surface area contributed by atoms with Crippen molar-refractivity contribution < 1.29 is 9.59 Å². The van der Waals surface area contributed by atoms with Gasteiger partial charge in [0.1, 0.15) is 0 Å². The molecular formula is C21H29N3O2. The Morgan fingerprint density at radius 2 is 1.54 bits per heavy atom. The summed E-state index contributed by atoms with van der Waals surface area (Å²) in [6, 6.07) is 11.7. The lowest BCUT2D eigenvalue weighted by Crippen LogP contribution is -2.47. The highest BCUT2D eigenvalue weighted by Crippen LogP contribution is 2.17. The van der Waals surface area contributed by atoms with E-state index in [1.807, 2.05) is 52.0 Å². The second-order valence-electron chi connectivity index (χ2n) is 7.62. The summed E-state index contributed by atoms with van der Waals surface area (Å²) in [5.74, 6) is -0.285. The average molecular weight is 355 g/mol. The van der Waals surface area contributed by atoms with Crippen LogP contribution in [-0.2, 0) is 4.79 Å². The van der Waals surface area contributed by atoms with Crippen molar-refractivity contribution in [3.05, 3.63) is 53.3 Å². The molecule has 0 radical (unpaired) electrons. The van der Waals surface area contributed by atoms with Crippen molar-refractivity contribution in [2.24, 2.45) is 0 Å². The molecule has 0 saturated carbocycles. The van der Waals surface area contributed by atoms with Gasteiger partial charge in [0, 0.05) is 34.7 Å². The van der Waals surface area contributed by atoms with Gasteiger partial charge in [-0.05, 0) is 77.9 Å². The van der Waals surface area contributed by atoms with Crippen LogP contribution in [0.3, 0.4) is 0 Å². The highest BCUT2D eigenvalue weighted by Gasteiger charge is 2.20. The Morgan fingerprint density at radius 1 is 1.00 bits per heavy atom. The van der Waals surface area contributed by atoms with E-state index in [2.05, 4.69) is 35.9 Å². The van der Waals surface area contributed by atoms with Crippen LogP contribution in [-0.4, -0.2) is 39.9 Å². The summed E-state index contributed by atoms with van der Waals surface area (Å²) in [6.45, 7) is 12.3. The van der Waals surface area contributed by atoms with Crippen molar-refractivity contribution in [3.8, 4) is 5.69 Å². The molecule has 0 fully saturated rings. The SMILES string of the molecule is CCN(CC(=O)NC(C)(C)C)C(=O)c1ccc(-n2c(C)ccc2C)cc1. The molecule has 26 heavy (non-hydrogen) atoms. The monoisotopic (exact) mass is 355 g/mol. The summed E-state index contributed by atoms with van der Waals surface area (Å²) in [5.41, 5.74) is 3.59. The minimum Gasteiger partial charge on any atom is -0.350 e. The van der Waals surface area contributed by atoms with Crippen LogP contribution < -0.4 is 5.32 Å². The Hall–Kier alpha value is -2.56. The predicted octanol–water partition coefficient (Wildman–Crippen LogP) is 3.47. The molecule has 1 aromatic heterocycles. The van der Waals surface area contributed by atoms with Gasteiger partial charge in [0.15, 0.2) is 0 Å². The molecule has 0 atom stereocenters. The number of benzene rings is 1. The van der Waals surface area contributed by atoms with E-state index in [-0.39, 0.29) is 23.9 Å². The molecule has 0 unspecified atom stereocenters. The molecule has 0 saturated heterocycles. The van der Waals surface area contributed by atoms with Crippen molar-refractivity contribution >= 4 is 11.8 Å². The maximum Gasteiger partial charge on any atom is 0.254 e. The van der Waals surface area contributed by atoms with Crippen LogP contribution in [0.1, 0.15) is 49.4 Å². The lowest BCUT2D eigenvalue weighted by Gasteiger charge is -2.25. The van der Waals surface area contributed by atoms with Crippen LogP contribution in [0.4, 0.5) is 0 Å². The zero-order valence-electron chi connectivity index (χ0n) is 16.6. The van der Waals surface area contributed by atoms with Gasteiger partial charge < -0.3 is 14.8 Å². The van der Waals surface area contributed by atoms with Crippen LogP contribution >= 0.6 is 0 Å². The number of aryl methyl sites for hydroxylation is 2. The fourth-order valence-electron chi connectivity index (χ4n) is 2.97. The van der Waals surface area contributed by atoms with E-state index in [0.29, 0.717) is 12.1 Å². The molecule has 2 amide bonds. The Kier molecular flexibility index (Phi) is 5.90. The van der Waals surface area contributed by atoms with Crippen LogP contribution in [0.2, 0.25) is 0 Å². The Bertz CT molecular complexity index is 763. The number of nitrogens with one attached hydrogen (secondary N) is 1. The second kappa shape index (κ2) is 7.77. The largest absolute Gasteiger partial charge is 0.350 e. The van der Waals surface area contributed by atoms with E-state index in [0.717, 1.165) is 17.1 Å². The molecule has 0 bridgehead atoms. The lowest BCUT2D eigenvalue weighted by atomic mass is 10.1. The normalized spacial score (nSPS) is 11.3. The topological polar surface area (TPSA) is 54.3 Å². The number of rotatable bonds is 5. The fourth-order valence-corrected chi connectivity index (χ4v) is 2.97. The third-order valence-corrected chi connectivity index (χ3v) is 4.16. The molecule has 5 nitrogen and oxygen atoms in total. The molecule has 1 heterocycles. The van der Waals surface area contributed by atoms with Crippen LogP contribution in [0.15, 0.2) is 36.4 Å². The predicted molar refractivity (Wildman–Crippen MR) is 105 cm³/mol. The minimum atomic E-state index is -0.312. The number of nitrogens with zero attached hydrogens (tertiary/aromatic N) is 2. The molecule has 5 heteroatoms. The third kappa shape index (κ3) is 4.75. The van der Waals surface area contributed by atoms with Gasteiger partial charge in [0.25, 0.3) is 5.91 Å². The van der Waals surface area contributed by atoms with Gasteiger partial charge in [-0.15, -0.1) is 0 Å². The van der Waals surface area contributed by atoms with E-state index in [4.69, 9.17) is 0 Å². The molecule has 0 aliphatic rings. The first-order valence-electron chi connectivity index (χ1n) is 8.98. The summed E-state index contributed by atoms with van der Waals surface area (Å²) in [7, 11) is 0. The highest BCUT2D eigenvalue weighted by molar-refractivity contribution is 5.96. The lowest BCUT2D eigenvalue weighted by molar-refractivity contribution is -0.123. The summed E-state index contributed by atoms with van der Waals surface area (Å²) >= 11 is 0. The van der Waals surface area contributed by atoms with Gasteiger partial charge in [0.2, 0.25) is 5.91 Å². The average Bonchev–Trinajstić information content (AvgIpc) is 2.89. The van der Waals surface area contributed by atoms with Gasteiger partial charge >= 0.3 is 0 Å². The van der Waals surface area contributed by atoms with Crippen molar-refractivity contribution in [3.63, 3.8) is 0 Å². The smallest absolute Gasteiger partial charge is 0.254 e. The van der Waals surface area contributed by atoms with Gasteiger partial charge in [-0.1, -0.05) is 0 Å². The maximum atomic E-state index is 12.7. The summed E-state index contributed by atoms with van der Waals surface area (Å²) < 4.78 is 2.14. The number of amides is 2. The van der Waals surface area contributed by atoms with Crippen LogP contribution in [0.25, 0.3) is 5.69 Å². The fraction of sp³-hybridized carbons (Fsp3) is 0.429. The number of hydrogen-bond donors (Lipinski definition) is 1. The van der Waals surface area contributed by atoms with Crippen molar-refractivity contribution in [1.29, 1.82) is 0 Å². The van der Waals surface area contributed by atoms with E-state index in [9.17, 15) is 9.59 Å². The van der Waals surface area contributed by atoms with Gasteiger partial charge in [-0.3, -0.25) is 9.59 Å². The summed E-state index contributed by atoms with van der Waals surface area (Å²) in [6.07, 6.45) is 0. The molecule has 140 valence electrons. The maximum absolute atomic E-state index is 12.7. The third-order valence-electron chi connectivity index (χ3n) is 4.16. The molecule has 2 aromatic rings. The molecule has 0 aliphatic heterocycles. The molecule has 0 aliphatic carbocycles. The Balaban J connectivity index is 2.14. The molecule has 0 spiro atoms. The standard InChI is InChI=1S/C21H29N3O2/c1-7-23(14-19(25)22-21(4,5)6)20(26)17-10-12-18(13-11-17)24-15(2)8-9-16(24)3/h8-13H,7,14H2,1-6H3,(H,22,25). The van der Waals surface area contributed by atoms with Crippen molar-refractivity contribution in [2.75, 3.05) is 13.1 Å². The summed E-state index contributed by atoms with van der Waals surface area (Å²) in [4.78, 5) is 26.4. The van der Waals surface area contributed by atoms with Crippen LogP contribution in [0.5, 0.6) is 0 Å². The molecule has 1 N–H and O–H groups in total. The number of carbonyl (C=O) groups excluding carboxylic acids is 2. The van der Waals surface area contributed by atoms with Gasteiger partial charge in [-0.2, -0.15) is 0 Å².